The second-order valence-electron chi connectivity index (χ2n) is 9.75. The summed E-state index contributed by atoms with van der Waals surface area (Å²) in [5.74, 6) is -3.80. The molecule has 0 spiro atoms. The molecular formula is C29H23F2N3O4. The molecule has 0 unspecified atom stereocenters. The zero-order chi connectivity index (χ0) is 27.2. The van der Waals surface area contributed by atoms with Crippen molar-refractivity contribution >= 4 is 28.5 Å². The first kappa shape index (κ1) is 24.9. The van der Waals surface area contributed by atoms with Gasteiger partial charge in [-0.3, -0.25) is 9.69 Å². The monoisotopic (exact) mass is 515 g/mol. The summed E-state index contributed by atoms with van der Waals surface area (Å²) >= 11 is 0. The fraction of sp³-hybridized carbons (Fsp3) is 0.138. The van der Waals surface area contributed by atoms with Gasteiger partial charge in [-0.25, -0.2) is 18.3 Å². The topological polar surface area (TPSA) is 88.6 Å². The number of carboxylic acids is 1. The predicted molar refractivity (Wildman–Crippen MR) is 139 cm³/mol. The van der Waals surface area contributed by atoms with Crippen LogP contribution in [-0.4, -0.2) is 32.3 Å². The van der Waals surface area contributed by atoms with E-state index in [1.54, 1.807) is 47.5 Å². The van der Waals surface area contributed by atoms with Gasteiger partial charge in [0.1, 0.15) is 0 Å². The van der Waals surface area contributed by atoms with E-state index >= 15 is 0 Å². The van der Waals surface area contributed by atoms with Crippen molar-refractivity contribution in [2.45, 2.75) is 26.3 Å². The molecule has 3 aromatic carbocycles. The fourth-order valence-corrected chi connectivity index (χ4v) is 4.33. The Hall–Kier alpha value is -4.79. The molecule has 2 heterocycles. The molecule has 0 atom stereocenters. The average molecular weight is 516 g/mol. The lowest BCUT2D eigenvalue weighted by Crippen LogP contribution is -2.46. The summed E-state index contributed by atoms with van der Waals surface area (Å²) in [4.78, 5) is 27.2. The Balaban J connectivity index is 1.75. The van der Waals surface area contributed by atoms with E-state index in [0.717, 1.165) is 12.1 Å². The van der Waals surface area contributed by atoms with Crippen LogP contribution in [0.1, 0.15) is 41.7 Å². The number of rotatable bonds is 5. The number of fused-ring (bicyclic) bond motifs is 1. The number of aromatic nitrogens is 2. The molecule has 1 N–H and O–H groups in total. The fourth-order valence-electron chi connectivity index (χ4n) is 4.33. The minimum absolute atomic E-state index is 0.222. The number of carbonyl (C=O) groups is 2. The first-order valence-electron chi connectivity index (χ1n) is 11.7. The van der Waals surface area contributed by atoms with Crippen LogP contribution >= 0.6 is 0 Å². The van der Waals surface area contributed by atoms with Crippen LogP contribution in [0.15, 0.2) is 83.5 Å². The van der Waals surface area contributed by atoms with Crippen LogP contribution in [0.3, 0.4) is 0 Å². The summed E-state index contributed by atoms with van der Waals surface area (Å²) in [6, 6.07) is 17.0. The van der Waals surface area contributed by atoms with Gasteiger partial charge >= 0.3 is 5.97 Å². The minimum Gasteiger partial charge on any atom is -0.475 e. The van der Waals surface area contributed by atoms with Crippen molar-refractivity contribution in [3.63, 3.8) is 0 Å². The Labute approximate surface area is 216 Å². The molecule has 0 fully saturated rings. The number of hydrogen-bond acceptors (Lipinski definition) is 4. The SMILES string of the molecule is CC(C)(C)N(C(=O)c1ccccc1)c1c(-c2cnn(-c3ccc(F)c(F)c3)c2)ccc2cc(C(=O)O)oc12. The van der Waals surface area contributed by atoms with E-state index in [2.05, 4.69) is 5.10 Å². The van der Waals surface area contributed by atoms with Gasteiger partial charge in [-0.1, -0.05) is 30.3 Å². The van der Waals surface area contributed by atoms with E-state index in [1.165, 1.54) is 23.0 Å². The molecule has 0 saturated carbocycles. The number of amides is 1. The number of carboxylic acid groups (broad SMARTS) is 1. The molecule has 192 valence electrons. The molecule has 1 amide bonds. The first-order valence-corrected chi connectivity index (χ1v) is 11.7. The molecule has 5 rings (SSSR count). The lowest BCUT2D eigenvalue weighted by atomic mass is 9.97. The molecule has 38 heavy (non-hydrogen) atoms. The number of carbonyl (C=O) groups excluding carboxylic acids is 1. The number of aromatic carboxylic acids is 1. The third kappa shape index (κ3) is 4.43. The lowest BCUT2D eigenvalue weighted by Gasteiger charge is -2.37. The molecule has 0 aliphatic heterocycles. The van der Waals surface area contributed by atoms with Gasteiger partial charge in [0, 0.05) is 39.9 Å². The molecule has 0 aliphatic carbocycles. The van der Waals surface area contributed by atoms with Crippen molar-refractivity contribution in [3.05, 3.63) is 102 Å². The molecule has 9 heteroatoms. The number of hydrogen-bond donors (Lipinski definition) is 1. The third-order valence-corrected chi connectivity index (χ3v) is 6.05. The quantitative estimate of drug-likeness (QED) is 0.281. The van der Waals surface area contributed by atoms with E-state index in [-0.39, 0.29) is 17.3 Å². The van der Waals surface area contributed by atoms with Crippen LogP contribution in [-0.2, 0) is 0 Å². The number of halogens is 2. The van der Waals surface area contributed by atoms with Crippen LogP contribution in [0, 0.1) is 11.6 Å². The second kappa shape index (κ2) is 9.26. The smallest absolute Gasteiger partial charge is 0.371 e. The van der Waals surface area contributed by atoms with E-state index in [0.29, 0.717) is 33.5 Å². The highest BCUT2D eigenvalue weighted by Crippen LogP contribution is 2.42. The highest BCUT2D eigenvalue weighted by atomic mass is 19.2. The summed E-state index contributed by atoms with van der Waals surface area (Å²) in [7, 11) is 0. The van der Waals surface area contributed by atoms with Crippen LogP contribution < -0.4 is 4.90 Å². The number of benzene rings is 3. The summed E-state index contributed by atoms with van der Waals surface area (Å²) in [6.07, 6.45) is 3.15. The number of nitrogens with zero attached hydrogens (tertiary/aromatic N) is 3. The molecule has 7 nitrogen and oxygen atoms in total. The average Bonchev–Trinajstić information content (AvgIpc) is 3.54. The van der Waals surface area contributed by atoms with Gasteiger partial charge in [0.15, 0.2) is 17.2 Å². The predicted octanol–water partition coefficient (Wildman–Crippen LogP) is 6.71. The summed E-state index contributed by atoms with van der Waals surface area (Å²) in [6.45, 7) is 5.59. The Kier molecular flexibility index (Phi) is 6.06. The van der Waals surface area contributed by atoms with Crippen molar-refractivity contribution in [2.75, 3.05) is 4.90 Å². The Bertz CT molecular complexity index is 1680. The van der Waals surface area contributed by atoms with Crippen LogP contribution in [0.2, 0.25) is 0 Å². The van der Waals surface area contributed by atoms with Crippen LogP contribution in [0.25, 0.3) is 27.8 Å². The van der Waals surface area contributed by atoms with Gasteiger partial charge in [0.05, 0.1) is 17.6 Å². The zero-order valence-electron chi connectivity index (χ0n) is 20.8. The summed E-state index contributed by atoms with van der Waals surface area (Å²) < 4.78 is 34.5. The van der Waals surface area contributed by atoms with Crippen molar-refractivity contribution in [1.29, 1.82) is 0 Å². The van der Waals surface area contributed by atoms with Gasteiger partial charge < -0.3 is 9.52 Å². The summed E-state index contributed by atoms with van der Waals surface area (Å²) in [5.41, 5.74) is 1.65. The van der Waals surface area contributed by atoms with Gasteiger partial charge in [0.25, 0.3) is 5.91 Å². The lowest BCUT2D eigenvalue weighted by molar-refractivity contribution is 0.0665. The second-order valence-corrected chi connectivity index (χ2v) is 9.75. The first-order chi connectivity index (χ1) is 18.0. The van der Waals surface area contributed by atoms with E-state index in [1.807, 2.05) is 26.8 Å². The minimum atomic E-state index is -1.24. The van der Waals surface area contributed by atoms with Crippen LogP contribution in [0.4, 0.5) is 14.5 Å². The number of furan rings is 1. The molecule has 0 radical (unpaired) electrons. The van der Waals surface area contributed by atoms with Crippen LogP contribution in [0.5, 0.6) is 0 Å². The molecule has 5 aromatic rings. The van der Waals surface area contributed by atoms with Gasteiger partial charge in [-0.05, 0) is 51.1 Å². The summed E-state index contributed by atoms with van der Waals surface area (Å²) in [5, 5.41) is 14.4. The molecule has 0 aliphatic rings. The number of anilines is 1. The van der Waals surface area contributed by atoms with E-state index in [4.69, 9.17) is 4.42 Å². The molecule has 0 bridgehead atoms. The highest BCUT2D eigenvalue weighted by Gasteiger charge is 2.34. The van der Waals surface area contributed by atoms with Crippen molar-refractivity contribution in [2.24, 2.45) is 0 Å². The van der Waals surface area contributed by atoms with Crippen molar-refractivity contribution in [3.8, 4) is 16.8 Å². The highest BCUT2D eigenvalue weighted by molar-refractivity contribution is 6.14. The van der Waals surface area contributed by atoms with Crippen molar-refractivity contribution < 1.29 is 27.9 Å². The standard InChI is InChI=1S/C29H23F2N3O4/c1-29(2,3)34(27(35)17-7-5-4-6-8-17)25-21(11-9-18-13-24(28(36)37)38-26(18)25)19-15-32-33(16-19)20-10-12-22(30)23(31)14-20/h4-16H,1-3H3,(H,36,37). The van der Waals surface area contributed by atoms with Gasteiger partial charge in [-0.15, -0.1) is 0 Å². The maximum Gasteiger partial charge on any atom is 0.371 e. The maximum absolute atomic E-state index is 13.9. The molecule has 0 saturated heterocycles. The van der Waals surface area contributed by atoms with Crippen molar-refractivity contribution in [1.82, 2.24) is 9.78 Å². The Morgan fingerprint density at radius 1 is 0.974 bits per heavy atom. The van der Waals surface area contributed by atoms with E-state index < -0.39 is 23.1 Å². The largest absolute Gasteiger partial charge is 0.475 e. The van der Waals surface area contributed by atoms with Gasteiger partial charge in [0.2, 0.25) is 5.76 Å². The molecular weight excluding hydrogens is 492 g/mol. The zero-order valence-corrected chi connectivity index (χ0v) is 20.8. The Morgan fingerprint density at radius 2 is 1.71 bits per heavy atom. The molecule has 2 aromatic heterocycles. The third-order valence-electron chi connectivity index (χ3n) is 6.05. The van der Waals surface area contributed by atoms with E-state index in [9.17, 15) is 23.5 Å². The maximum atomic E-state index is 13.9. The van der Waals surface area contributed by atoms with Gasteiger partial charge in [-0.2, -0.15) is 5.10 Å². The normalized spacial score (nSPS) is 11.6. The Morgan fingerprint density at radius 3 is 2.37 bits per heavy atom.